The molecule has 1 aromatic heterocycles. The predicted molar refractivity (Wildman–Crippen MR) is 150 cm³/mol. The maximum absolute atomic E-state index is 13.8. The lowest BCUT2D eigenvalue weighted by Crippen LogP contribution is -2.40. The molecule has 2 aromatic carbocycles. The second kappa shape index (κ2) is 11.3. The van der Waals surface area contributed by atoms with Crippen LogP contribution in [0.3, 0.4) is 0 Å². The Bertz CT molecular complexity index is 1550. The van der Waals surface area contributed by atoms with E-state index in [9.17, 15) is 9.59 Å². The number of anilines is 1. The Kier molecular flexibility index (Phi) is 8.06. The van der Waals surface area contributed by atoms with Crippen molar-refractivity contribution in [1.82, 2.24) is 4.57 Å². The topological polar surface area (TPSA) is 82.4 Å². The fourth-order valence-corrected chi connectivity index (χ4v) is 5.38. The number of carbonyl (C=O) groups excluding carboxylic acids is 1. The molecular formula is C29H33N3O5S. The maximum atomic E-state index is 13.8. The lowest BCUT2D eigenvalue weighted by molar-refractivity contribution is -0.139. The molecule has 0 saturated carbocycles. The zero-order chi connectivity index (χ0) is 27.6. The number of rotatable bonds is 8. The van der Waals surface area contributed by atoms with E-state index in [0.29, 0.717) is 37.7 Å². The summed E-state index contributed by atoms with van der Waals surface area (Å²) in [5.74, 6) is 0.587. The van der Waals surface area contributed by atoms with Crippen molar-refractivity contribution in [3.05, 3.63) is 84.5 Å². The molecule has 0 radical (unpaired) electrons. The van der Waals surface area contributed by atoms with E-state index in [0.717, 1.165) is 11.3 Å². The summed E-state index contributed by atoms with van der Waals surface area (Å²) >= 11 is 1.29. The minimum atomic E-state index is -0.731. The first-order valence-corrected chi connectivity index (χ1v) is 13.3. The summed E-state index contributed by atoms with van der Waals surface area (Å²) in [7, 11) is 5.52. The zero-order valence-electron chi connectivity index (χ0n) is 22.8. The van der Waals surface area contributed by atoms with Gasteiger partial charge in [0.05, 0.1) is 41.7 Å². The molecule has 0 aliphatic carbocycles. The highest BCUT2D eigenvalue weighted by Gasteiger charge is 2.34. The fourth-order valence-electron chi connectivity index (χ4n) is 4.33. The molecule has 0 N–H and O–H groups in total. The second-order valence-electron chi connectivity index (χ2n) is 9.37. The Labute approximate surface area is 226 Å². The van der Waals surface area contributed by atoms with E-state index in [1.807, 2.05) is 69.3 Å². The van der Waals surface area contributed by atoms with Crippen molar-refractivity contribution in [3.63, 3.8) is 0 Å². The first-order chi connectivity index (χ1) is 18.1. The van der Waals surface area contributed by atoms with Crippen LogP contribution in [-0.4, -0.2) is 44.5 Å². The van der Waals surface area contributed by atoms with Crippen LogP contribution in [0.4, 0.5) is 5.69 Å². The van der Waals surface area contributed by atoms with E-state index in [1.54, 1.807) is 37.7 Å². The summed E-state index contributed by atoms with van der Waals surface area (Å²) < 4.78 is 19.0. The number of aromatic nitrogens is 1. The summed E-state index contributed by atoms with van der Waals surface area (Å²) in [6.07, 6.45) is 1.81. The molecule has 38 heavy (non-hydrogen) atoms. The molecule has 1 aliphatic rings. The Morgan fingerprint density at radius 2 is 1.87 bits per heavy atom. The third-order valence-corrected chi connectivity index (χ3v) is 7.07. The van der Waals surface area contributed by atoms with Crippen LogP contribution in [0, 0.1) is 0 Å². The van der Waals surface area contributed by atoms with Crippen LogP contribution in [-0.2, 0) is 9.53 Å². The van der Waals surface area contributed by atoms with Crippen molar-refractivity contribution >= 4 is 29.1 Å². The summed E-state index contributed by atoms with van der Waals surface area (Å²) in [4.78, 5) is 34.1. The van der Waals surface area contributed by atoms with E-state index in [1.165, 1.54) is 11.3 Å². The van der Waals surface area contributed by atoms with Gasteiger partial charge in [-0.25, -0.2) is 9.79 Å². The standard InChI is InChI=1S/C29H33N3O5S/c1-8-36-28(34)25-18(4)30-29-32(26(25)20-11-14-22(37-17(2)3)23(16-20)35-7)27(33)24(38-29)15-19-9-12-21(13-10-19)31(5)6/h9-17,26H,8H2,1-7H3/b24-15-/t26-/m1/s1. The van der Waals surface area contributed by atoms with Gasteiger partial charge in [-0.2, -0.15) is 0 Å². The van der Waals surface area contributed by atoms with Crippen LogP contribution in [0.15, 0.2) is 63.5 Å². The molecule has 2 heterocycles. The van der Waals surface area contributed by atoms with Gasteiger partial charge < -0.3 is 19.1 Å². The molecule has 1 atom stereocenters. The number of ether oxygens (including phenoxy) is 3. The molecule has 0 fully saturated rings. The summed E-state index contributed by atoms with van der Waals surface area (Å²) in [5, 5.41) is 0. The molecule has 0 unspecified atom stereocenters. The largest absolute Gasteiger partial charge is 0.493 e. The normalized spacial score (nSPS) is 15.3. The first-order valence-electron chi connectivity index (χ1n) is 12.5. The van der Waals surface area contributed by atoms with Crippen LogP contribution in [0.25, 0.3) is 6.08 Å². The third-order valence-electron chi connectivity index (χ3n) is 6.09. The number of methoxy groups -OCH3 is 1. The minimum absolute atomic E-state index is 0.0450. The average Bonchev–Trinajstić information content (AvgIpc) is 3.17. The third kappa shape index (κ3) is 5.38. The number of hydrogen-bond acceptors (Lipinski definition) is 8. The highest BCUT2D eigenvalue weighted by Crippen LogP contribution is 2.36. The molecule has 1 aliphatic heterocycles. The van der Waals surface area contributed by atoms with Gasteiger partial charge in [0.25, 0.3) is 5.56 Å². The van der Waals surface area contributed by atoms with Gasteiger partial charge in [-0.1, -0.05) is 29.5 Å². The fraction of sp³-hybridized carbons (Fsp3) is 0.345. The quantitative estimate of drug-likeness (QED) is 0.410. The number of nitrogens with zero attached hydrogens (tertiary/aromatic N) is 3. The molecular weight excluding hydrogens is 502 g/mol. The smallest absolute Gasteiger partial charge is 0.338 e. The van der Waals surface area contributed by atoms with Crippen LogP contribution < -0.4 is 29.3 Å². The van der Waals surface area contributed by atoms with Crippen molar-refractivity contribution in [1.29, 1.82) is 0 Å². The zero-order valence-corrected chi connectivity index (χ0v) is 23.6. The van der Waals surface area contributed by atoms with Crippen LogP contribution in [0.2, 0.25) is 0 Å². The first kappa shape index (κ1) is 27.2. The number of benzene rings is 2. The number of fused-ring (bicyclic) bond motifs is 1. The summed E-state index contributed by atoms with van der Waals surface area (Å²) in [6.45, 7) is 7.60. The predicted octanol–water partition coefficient (Wildman–Crippen LogP) is 3.66. The van der Waals surface area contributed by atoms with Gasteiger partial charge in [-0.3, -0.25) is 9.36 Å². The number of hydrogen-bond donors (Lipinski definition) is 0. The monoisotopic (exact) mass is 535 g/mol. The average molecular weight is 536 g/mol. The highest BCUT2D eigenvalue weighted by molar-refractivity contribution is 7.07. The minimum Gasteiger partial charge on any atom is -0.493 e. The van der Waals surface area contributed by atoms with E-state index >= 15 is 0 Å². The molecule has 9 heteroatoms. The van der Waals surface area contributed by atoms with Crippen molar-refractivity contribution in [3.8, 4) is 11.5 Å². The maximum Gasteiger partial charge on any atom is 0.338 e. The molecule has 3 aromatic rings. The molecule has 0 bridgehead atoms. The van der Waals surface area contributed by atoms with E-state index in [-0.39, 0.29) is 18.3 Å². The van der Waals surface area contributed by atoms with Crippen molar-refractivity contribution in [2.24, 2.45) is 4.99 Å². The van der Waals surface area contributed by atoms with Gasteiger partial charge in [-0.05, 0) is 69.2 Å². The van der Waals surface area contributed by atoms with E-state index in [2.05, 4.69) is 4.99 Å². The highest BCUT2D eigenvalue weighted by atomic mass is 32.1. The molecule has 4 rings (SSSR count). The Morgan fingerprint density at radius 3 is 2.47 bits per heavy atom. The molecule has 200 valence electrons. The van der Waals surface area contributed by atoms with Crippen LogP contribution >= 0.6 is 11.3 Å². The van der Waals surface area contributed by atoms with Gasteiger partial charge in [0.2, 0.25) is 0 Å². The SMILES string of the molecule is CCOC(=O)C1=C(C)N=c2s/c(=C\c3ccc(N(C)C)cc3)c(=O)n2[C@@H]1c1ccc(OC(C)C)c(OC)c1. The van der Waals surface area contributed by atoms with Crippen molar-refractivity contribution < 1.29 is 19.0 Å². The van der Waals surface area contributed by atoms with Gasteiger partial charge in [0.1, 0.15) is 0 Å². The van der Waals surface area contributed by atoms with Gasteiger partial charge in [0.15, 0.2) is 16.3 Å². The molecule has 0 saturated heterocycles. The number of allylic oxidation sites excluding steroid dienone is 1. The number of carbonyl (C=O) groups is 1. The molecule has 0 amide bonds. The van der Waals surface area contributed by atoms with Crippen LogP contribution in [0.1, 0.15) is 44.9 Å². The Morgan fingerprint density at radius 1 is 1.16 bits per heavy atom. The lowest BCUT2D eigenvalue weighted by Gasteiger charge is -2.25. The Hall–Kier alpha value is -3.85. The van der Waals surface area contributed by atoms with Gasteiger partial charge in [-0.15, -0.1) is 0 Å². The summed E-state index contributed by atoms with van der Waals surface area (Å²) in [6, 6.07) is 12.7. The lowest BCUT2D eigenvalue weighted by atomic mass is 9.95. The Balaban J connectivity index is 1.90. The van der Waals surface area contributed by atoms with Crippen molar-refractivity contribution in [2.45, 2.75) is 39.8 Å². The number of thiazole rings is 1. The van der Waals surface area contributed by atoms with E-state index in [4.69, 9.17) is 14.2 Å². The van der Waals surface area contributed by atoms with Gasteiger partial charge >= 0.3 is 5.97 Å². The summed E-state index contributed by atoms with van der Waals surface area (Å²) in [5.41, 5.74) is 3.26. The number of esters is 1. The molecule has 0 spiro atoms. The van der Waals surface area contributed by atoms with E-state index < -0.39 is 12.0 Å². The second-order valence-corrected chi connectivity index (χ2v) is 10.4. The van der Waals surface area contributed by atoms with Crippen LogP contribution in [0.5, 0.6) is 11.5 Å². The molecule has 8 nitrogen and oxygen atoms in total. The van der Waals surface area contributed by atoms with Gasteiger partial charge in [0, 0.05) is 19.8 Å². The van der Waals surface area contributed by atoms with Crippen molar-refractivity contribution in [2.75, 3.05) is 32.7 Å².